The summed E-state index contributed by atoms with van der Waals surface area (Å²) in [6.45, 7) is 0. The van der Waals surface area contributed by atoms with E-state index in [1.165, 1.54) is 37.9 Å². The average molecular weight is 817 g/mol. The molecule has 0 spiro atoms. The average Bonchev–Trinajstić information content (AvgIpc) is 3.88. The highest BCUT2D eigenvalue weighted by atomic mass is 15.1. The number of rotatable bonds is 6. The van der Waals surface area contributed by atoms with Gasteiger partial charge in [0, 0.05) is 49.8 Å². The van der Waals surface area contributed by atoms with E-state index < -0.39 is 0 Å². The summed E-state index contributed by atoms with van der Waals surface area (Å²) in [5, 5.41) is 9.40. The fraction of sp³-hybridized carbons (Fsp3) is 0. The Balaban J connectivity index is 1.04. The molecule has 0 atom stereocenters. The summed E-state index contributed by atoms with van der Waals surface area (Å²) in [6.07, 6.45) is 1.87. The predicted octanol–water partition coefficient (Wildman–Crippen LogP) is 14.4. The van der Waals surface area contributed by atoms with Crippen LogP contribution in [0.3, 0.4) is 0 Å². The minimum atomic E-state index is 0.620. The first-order valence-corrected chi connectivity index (χ1v) is 21.6. The molecular weight excluding hydrogens is 781 g/mol. The van der Waals surface area contributed by atoms with Crippen LogP contribution in [0.5, 0.6) is 0 Å². The van der Waals surface area contributed by atoms with E-state index >= 15 is 0 Å². The number of fused-ring (bicyclic) bond motifs is 9. The zero-order chi connectivity index (χ0) is 42.1. The number of benzene rings is 9. The Morgan fingerprint density at radius 2 is 0.906 bits per heavy atom. The first kappa shape index (κ1) is 36.0. The molecule has 298 valence electrons. The van der Waals surface area contributed by atoms with E-state index in [1.807, 2.05) is 36.5 Å². The number of nitrogens with zero attached hydrogens (tertiary/aromatic N) is 6. The zero-order valence-corrected chi connectivity index (χ0v) is 34.5. The molecule has 0 bridgehead atoms. The van der Waals surface area contributed by atoms with Crippen LogP contribution in [-0.4, -0.2) is 29.1 Å². The lowest BCUT2D eigenvalue weighted by atomic mass is 10.0. The summed E-state index contributed by atoms with van der Waals surface area (Å²) in [6, 6.07) is 74.9. The second-order valence-electron chi connectivity index (χ2n) is 16.2. The quantitative estimate of drug-likeness (QED) is 0.168. The summed E-state index contributed by atoms with van der Waals surface area (Å²) in [7, 11) is 0. The van der Waals surface area contributed by atoms with Crippen LogP contribution in [-0.2, 0) is 0 Å². The van der Waals surface area contributed by atoms with Gasteiger partial charge in [-0.25, -0.2) is 19.9 Å². The van der Waals surface area contributed by atoms with Gasteiger partial charge in [-0.3, -0.25) is 4.57 Å². The molecule has 0 saturated heterocycles. The van der Waals surface area contributed by atoms with Gasteiger partial charge in [0.25, 0.3) is 0 Å². The molecule has 4 heterocycles. The minimum absolute atomic E-state index is 0.620. The van der Waals surface area contributed by atoms with Crippen LogP contribution in [0.25, 0.3) is 122 Å². The lowest BCUT2D eigenvalue weighted by Gasteiger charge is -2.15. The third-order valence-electron chi connectivity index (χ3n) is 12.6. The standard InChI is InChI=1S/C58H36N6/c1-3-15-37(16-4-1)38-26-28-41(29-27-38)57-60-56(40-18-5-2-6-19-40)61-58(62-57)46-31-33-50(44-22-10-9-21-43(44)46)63-49-24-12-11-23-45(49)47-35-48-53(36-52(47)63)64(54-25-13-14-34-59-54)51-32-30-39-17-7-8-20-42(39)55(48)51/h1-36H. The third-order valence-corrected chi connectivity index (χ3v) is 12.6. The highest BCUT2D eigenvalue weighted by Crippen LogP contribution is 2.43. The summed E-state index contributed by atoms with van der Waals surface area (Å²) >= 11 is 0. The van der Waals surface area contributed by atoms with Crippen molar-refractivity contribution in [1.29, 1.82) is 0 Å². The Labute approximate surface area is 368 Å². The van der Waals surface area contributed by atoms with Crippen LogP contribution < -0.4 is 0 Å². The maximum Gasteiger partial charge on any atom is 0.164 e. The van der Waals surface area contributed by atoms with Crippen LogP contribution in [0.15, 0.2) is 219 Å². The molecule has 0 aliphatic carbocycles. The largest absolute Gasteiger partial charge is 0.309 e. The number of aromatic nitrogens is 6. The van der Waals surface area contributed by atoms with Crippen LogP contribution in [0.1, 0.15) is 0 Å². The summed E-state index contributed by atoms with van der Waals surface area (Å²) in [4.78, 5) is 20.4. The van der Waals surface area contributed by atoms with Crippen LogP contribution >= 0.6 is 0 Å². The molecule has 6 heteroatoms. The van der Waals surface area contributed by atoms with E-state index in [-0.39, 0.29) is 0 Å². The van der Waals surface area contributed by atoms with Crippen molar-refractivity contribution in [3.63, 3.8) is 0 Å². The molecule has 13 aromatic rings. The molecule has 0 N–H and O–H groups in total. The Kier molecular flexibility index (Phi) is 8.11. The van der Waals surface area contributed by atoms with Crippen molar-refractivity contribution in [2.45, 2.75) is 0 Å². The van der Waals surface area contributed by atoms with E-state index in [9.17, 15) is 0 Å². The van der Waals surface area contributed by atoms with Gasteiger partial charge in [0.2, 0.25) is 0 Å². The molecule has 13 rings (SSSR count). The highest BCUT2D eigenvalue weighted by molar-refractivity contribution is 6.25. The zero-order valence-electron chi connectivity index (χ0n) is 34.5. The lowest BCUT2D eigenvalue weighted by Crippen LogP contribution is -2.02. The lowest BCUT2D eigenvalue weighted by molar-refractivity contribution is 1.08. The molecule has 0 unspecified atom stereocenters. The van der Waals surface area contributed by atoms with Crippen LogP contribution in [0.2, 0.25) is 0 Å². The van der Waals surface area contributed by atoms with Gasteiger partial charge in [-0.15, -0.1) is 0 Å². The van der Waals surface area contributed by atoms with Gasteiger partial charge in [0.15, 0.2) is 17.5 Å². The van der Waals surface area contributed by atoms with Gasteiger partial charge < -0.3 is 4.57 Å². The second-order valence-corrected chi connectivity index (χ2v) is 16.2. The normalized spacial score (nSPS) is 11.8. The number of hydrogen-bond donors (Lipinski definition) is 0. The summed E-state index contributed by atoms with van der Waals surface area (Å²) in [5.74, 6) is 2.76. The Morgan fingerprint density at radius 3 is 1.67 bits per heavy atom. The van der Waals surface area contributed by atoms with Crippen molar-refractivity contribution >= 4 is 65.2 Å². The molecule has 4 aromatic heterocycles. The van der Waals surface area contributed by atoms with Gasteiger partial charge >= 0.3 is 0 Å². The molecule has 0 fully saturated rings. The molecule has 0 aliphatic heterocycles. The maximum atomic E-state index is 5.22. The van der Waals surface area contributed by atoms with E-state index in [0.717, 1.165) is 66.6 Å². The van der Waals surface area contributed by atoms with Crippen molar-refractivity contribution in [3.8, 4) is 56.8 Å². The predicted molar refractivity (Wildman–Crippen MR) is 263 cm³/mol. The molecule has 6 nitrogen and oxygen atoms in total. The van der Waals surface area contributed by atoms with Crippen molar-refractivity contribution in [1.82, 2.24) is 29.1 Å². The molecule has 0 saturated carbocycles. The van der Waals surface area contributed by atoms with Gasteiger partial charge in [-0.05, 0) is 75.8 Å². The maximum absolute atomic E-state index is 5.22. The van der Waals surface area contributed by atoms with Crippen LogP contribution in [0, 0.1) is 0 Å². The Morgan fingerprint density at radius 1 is 0.312 bits per heavy atom. The topological polar surface area (TPSA) is 61.4 Å². The smallest absolute Gasteiger partial charge is 0.164 e. The van der Waals surface area contributed by atoms with E-state index in [4.69, 9.17) is 19.9 Å². The molecular formula is C58H36N6. The van der Waals surface area contributed by atoms with Gasteiger partial charge in [-0.1, -0.05) is 164 Å². The van der Waals surface area contributed by atoms with Crippen molar-refractivity contribution in [2.24, 2.45) is 0 Å². The monoisotopic (exact) mass is 816 g/mol. The molecule has 64 heavy (non-hydrogen) atoms. The van der Waals surface area contributed by atoms with Gasteiger partial charge in [0.05, 0.1) is 27.8 Å². The van der Waals surface area contributed by atoms with Crippen LogP contribution in [0.4, 0.5) is 0 Å². The first-order valence-electron chi connectivity index (χ1n) is 21.6. The Hall–Kier alpha value is -8.74. The van der Waals surface area contributed by atoms with Crippen molar-refractivity contribution in [2.75, 3.05) is 0 Å². The summed E-state index contributed by atoms with van der Waals surface area (Å²) in [5.41, 5.74) is 10.7. The number of hydrogen-bond acceptors (Lipinski definition) is 4. The number of para-hydroxylation sites is 1. The molecule has 0 amide bonds. The van der Waals surface area contributed by atoms with E-state index in [1.54, 1.807) is 0 Å². The van der Waals surface area contributed by atoms with Crippen molar-refractivity contribution < 1.29 is 0 Å². The SMILES string of the molecule is c1ccc(-c2ccc(-c3nc(-c4ccccc4)nc(-c4ccc(-n5c6ccccc6c6cc7c8c9ccccc9ccc8n(-c8ccccn8)c7cc65)c5ccccc45)n3)cc2)cc1. The third kappa shape index (κ3) is 5.66. The van der Waals surface area contributed by atoms with E-state index in [2.05, 4.69) is 191 Å². The molecule has 0 radical (unpaired) electrons. The molecule has 0 aliphatic rings. The fourth-order valence-corrected chi connectivity index (χ4v) is 9.70. The summed E-state index contributed by atoms with van der Waals surface area (Å²) < 4.78 is 4.74. The highest BCUT2D eigenvalue weighted by Gasteiger charge is 2.22. The molecule has 9 aromatic carbocycles. The number of pyridine rings is 1. The van der Waals surface area contributed by atoms with Gasteiger partial charge in [0.1, 0.15) is 5.82 Å². The van der Waals surface area contributed by atoms with E-state index in [0.29, 0.717) is 17.5 Å². The van der Waals surface area contributed by atoms with Crippen molar-refractivity contribution in [3.05, 3.63) is 219 Å². The fourth-order valence-electron chi connectivity index (χ4n) is 9.70. The van der Waals surface area contributed by atoms with Gasteiger partial charge in [-0.2, -0.15) is 0 Å². The second kappa shape index (κ2) is 14.4. The first-order chi connectivity index (χ1) is 31.7. The Bertz CT molecular complexity index is 3930. The minimum Gasteiger partial charge on any atom is -0.309 e.